The summed E-state index contributed by atoms with van der Waals surface area (Å²) in [6.45, 7) is 2.64. The van der Waals surface area contributed by atoms with Gasteiger partial charge in [-0.3, -0.25) is 19.5 Å². The van der Waals surface area contributed by atoms with Crippen LogP contribution < -0.4 is 0 Å². The molecular formula is C21H18N2O2. The van der Waals surface area contributed by atoms with E-state index in [1.54, 1.807) is 12.1 Å². The van der Waals surface area contributed by atoms with E-state index in [-0.39, 0.29) is 23.7 Å². The third-order valence-corrected chi connectivity index (χ3v) is 5.90. The second-order valence-electron chi connectivity index (χ2n) is 7.23. The average Bonchev–Trinajstić information content (AvgIpc) is 2.88. The number of rotatable bonds is 2. The van der Waals surface area contributed by atoms with Crippen LogP contribution in [0.4, 0.5) is 0 Å². The number of aromatic nitrogens is 1. The zero-order valence-corrected chi connectivity index (χ0v) is 14.0. The van der Waals surface area contributed by atoms with Crippen LogP contribution in [0.2, 0.25) is 0 Å². The van der Waals surface area contributed by atoms with Crippen molar-refractivity contribution in [1.29, 1.82) is 0 Å². The van der Waals surface area contributed by atoms with Gasteiger partial charge in [-0.05, 0) is 43.0 Å². The van der Waals surface area contributed by atoms with Crippen molar-refractivity contribution in [2.24, 2.45) is 5.92 Å². The summed E-state index contributed by atoms with van der Waals surface area (Å²) in [5.41, 5.74) is 4.86. The number of carbonyl (C=O) groups is 2. The van der Waals surface area contributed by atoms with Crippen LogP contribution in [0, 0.1) is 5.92 Å². The minimum absolute atomic E-state index is 0.163. The van der Waals surface area contributed by atoms with E-state index < -0.39 is 0 Å². The Bertz CT molecular complexity index is 911. The average molecular weight is 330 g/mol. The Morgan fingerprint density at radius 2 is 1.80 bits per heavy atom. The summed E-state index contributed by atoms with van der Waals surface area (Å²) in [4.78, 5) is 31.4. The fourth-order valence-corrected chi connectivity index (χ4v) is 4.68. The fourth-order valence-electron chi connectivity index (χ4n) is 4.68. The maximum atomic E-state index is 12.7. The van der Waals surface area contributed by atoms with Crippen molar-refractivity contribution in [3.63, 3.8) is 0 Å². The van der Waals surface area contributed by atoms with Crippen LogP contribution in [0.1, 0.15) is 57.2 Å². The highest BCUT2D eigenvalue weighted by Crippen LogP contribution is 2.51. The maximum absolute atomic E-state index is 12.7. The molecule has 0 spiro atoms. The van der Waals surface area contributed by atoms with Gasteiger partial charge in [0.2, 0.25) is 0 Å². The molecule has 0 saturated carbocycles. The molecule has 3 atom stereocenters. The molecule has 2 aromatic rings. The van der Waals surface area contributed by atoms with Gasteiger partial charge in [0.25, 0.3) is 11.8 Å². The highest BCUT2D eigenvalue weighted by atomic mass is 16.2. The van der Waals surface area contributed by atoms with Crippen molar-refractivity contribution in [2.45, 2.75) is 25.2 Å². The molecule has 1 aromatic carbocycles. The molecule has 4 heteroatoms. The SMILES string of the molecule is CC1=CC2c3ncccc3C1CC2CN1C(=O)c2ccccc2C1=O. The fraction of sp³-hybridized carbons (Fsp3) is 0.286. The smallest absolute Gasteiger partial charge is 0.261 e. The second-order valence-corrected chi connectivity index (χ2v) is 7.23. The highest BCUT2D eigenvalue weighted by Gasteiger charge is 2.43. The van der Waals surface area contributed by atoms with Crippen molar-refractivity contribution in [3.8, 4) is 0 Å². The topological polar surface area (TPSA) is 50.3 Å². The van der Waals surface area contributed by atoms with Crippen molar-refractivity contribution >= 4 is 11.8 Å². The first-order chi connectivity index (χ1) is 12.1. The standard InChI is InChI=1S/C21H18N2O2/c1-12-9-18-13(10-17(12)14-7-4-8-22-19(14)18)11-23-20(24)15-5-2-3-6-16(15)21(23)25/h2-9,13,17-18H,10-11H2,1H3. The van der Waals surface area contributed by atoms with E-state index in [1.807, 2.05) is 24.4 Å². The van der Waals surface area contributed by atoms with Crippen LogP contribution in [-0.4, -0.2) is 28.2 Å². The van der Waals surface area contributed by atoms with Gasteiger partial charge in [-0.15, -0.1) is 0 Å². The predicted molar refractivity (Wildman–Crippen MR) is 93.4 cm³/mol. The number of amides is 2. The molecule has 25 heavy (non-hydrogen) atoms. The van der Waals surface area contributed by atoms with Gasteiger partial charge in [-0.1, -0.05) is 29.8 Å². The third kappa shape index (κ3) is 1.97. The molecular weight excluding hydrogens is 312 g/mol. The molecule has 6 rings (SSSR count). The van der Waals surface area contributed by atoms with Crippen LogP contribution in [0.15, 0.2) is 54.2 Å². The molecule has 1 aliphatic heterocycles. The van der Waals surface area contributed by atoms with Gasteiger partial charge in [0, 0.05) is 24.6 Å². The minimum atomic E-state index is -0.163. The molecule has 0 radical (unpaired) electrons. The molecule has 2 bridgehead atoms. The lowest BCUT2D eigenvalue weighted by Gasteiger charge is -2.42. The van der Waals surface area contributed by atoms with Gasteiger partial charge in [-0.25, -0.2) is 0 Å². The van der Waals surface area contributed by atoms with Crippen LogP contribution >= 0.6 is 0 Å². The van der Waals surface area contributed by atoms with Gasteiger partial charge in [0.05, 0.1) is 16.8 Å². The number of benzene rings is 1. The first kappa shape index (κ1) is 14.6. The Morgan fingerprint density at radius 3 is 2.52 bits per heavy atom. The van der Waals surface area contributed by atoms with Crippen LogP contribution in [0.5, 0.6) is 0 Å². The number of hydrogen-bond donors (Lipinski definition) is 0. The van der Waals surface area contributed by atoms with Crippen molar-refractivity contribution in [2.75, 3.05) is 6.54 Å². The number of allylic oxidation sites excluding steroid dienone is 2. The molecule has 1 aromatic heterocycles. The van der Waals surface area contributed by atoms with Gasteiger partial charge in [0.15, 0.2) is 0 Å². The van der Waals surface area contributed by atoms with Crippen LogP contribution in [-0.2, 0) is 0 Å². The number of hydrogen-bond acceptors (Lipinski definition) is 3. The molecule has 124 valence electrons. The molecule has 0 fully saturated rings. The lowest BCUT2D eigenvalue weighted by Crippen LogP contribution is -2.40. The molecule has 0 saturated heterocycles. The first-order valence-electron chi connectivity index (χ1n) is 8.73. The van der Waals surface area contributed by atoms with Gasteiger partial charge in [0.1, 0.15) is 0 Å². The monoisotopic (exact) mass is 330 g/mol. The summed E-state index contributed by atoms with van der Waals surface area (Å²) in [5.74, 6) is 0.450. The molecule has 2 amide bonds. The van der Waals surface area contributed by atoms with Crippen molar-refractivity contribution in [3.05, 3.63) is 76.6 Å². The van der Waals surface area contributed by atoms with E-state index in [2.05, 4.69) is 24.1 Å². The van der Waals surface area contributed by atoms with Gasteiger partial charge in [-0.2, -0.15) is 0 Å². The quantitative estimate of drug-likeness (QED) is 0.625. The van der Waals surface area contributed by atoms with E-state index in [4.69, 9.17) is 0 Å². The van der Waals surface area contributed by atoms with Gasteiger partial charge < -0.3 is 0 Å². The largest absolute Gasteiger partial charge is 0.274 e. The maximum Gasteiger partial charge on any atom is 0.261 e. The van der Waals surface area contributed by atoms with E-state index in [0.717, 1.165) is 12.1 Å². The zero-order valence-electron chi connectivity index (χ0n) is 14.0. The van der Waals surface area contributed by atoms with E-state index in [9.17, 15) is 9.59 Å². The lowest BCUT2D eigenvalue weighted by atomic mass is 9.64. The summed E-state index contributed by atoms with van der Waals surface area (Å²) in [5, 5.41) is 0. The lowest BCUT2D eigenvalue weighted by molar-refractivity contribution is 0.0615. The van der Waals surface area contributed by atoms with Crippen LogP contribution in [0.25, 0.3) is 0 Å². The molecule has 0 N–H and O–H groups in total. The molecule has 4 aliphatic rings. The first-order valence-corrected chi connectivity index (χ1v) is 8.73. The van der Waals surface area contributed by atoms with E-state index >= 15 is 0 Å². The normalized spacial score (nSPS) is 26.5. The Morgan fingerprint density at radius 1 is 1.08 bits per heavy atom. The number of imide groups is 1. The zero-order chi connectivity index (χ0) is 17.1. The highest BCUT2D eigenvalue weighted by molar-refractivity contribution is 6.21. The Balaban J connectivity index is 1.48. The summed E-state index contributed by atoms with van der Waals surface area (Å²) in [7, 11) is 0. The van der Waals surface area contributed by atoms with E-state index in [1.165, 1.54) is 16.0 Å². The number of nitrogens with zero attached hydrogens (tertiary/aromatic N) is 2. The minimum Gasteiger partial charge on any atom is -0.274 e. The molecule has 3 unspecified atom stereocenters. The Hall–Kier alpha value is -2.75. The molecule has 3 aliphatic carbocycles. The number of fused-ring (bicyclic) bond motifs is 2. The predicted octanol–water partition coefficient (Wildman–Crippen LogP) is 3.52. The van der Waals surface area contributed by atoms with E-state index in [0.29, 0.717) is 23.6 Å². The van der Waals surface area contributed by atoms with Gasteiger partial charge >= 0.3 is 0 Å². The summed E-state index contributed by atoms with van der Waals surface area (Å²) in [6, 6.07) is 11.2. The number of carbonyl (C=O) groups excluding carboxylic acids is 2. The summed E-state index contributed by atoms with van der Waals surface area (Å²) < 4.78 is 0. The van der Waals surface area contributed by atoms with Crippen molar-refractivity contribution < 1.29 is 9.59 Å². The summed E-state index contributed by atoms with van der Waals surface area (Å²) >= 11 is 0. The van der Waals surface area contributed by atoms with Crippen molar-refractivity contribution in [1.82, 2.24) is 9.88 Å². The second kappa shape index (κ2) is 5.12. The Labute approximate surface area is 146 Å². The van der Waals surface area contributed by atoms with Crippen LogP contribution in [0.3, 0.4) is 0 Å². The third-order valence-electron chi connectivity index (χ3n) is 5.90. The number of pyridine rings is 1. The molecule has 2 heterocycles. The summed E-state index contributed by atoms with van der Waals surface area (Å²) in [6.07, 6.45) is 5.09. The molecule has 4 nitrogen and oxygen atoms in total. The Kier molecular flexibility index (Phi) is 2.99.